The van der Waals surface area contributed by atoms with Crippen molar-refractivity contribution in [3.8, 4) is 5.69 Å². The second-order valence-corrected chi connectivity index (χ2v) is 15.5. The molecule has 8 rings (SSSR count). The Morgan fingerprint density at radius 3 is 2.71 bits per heavy atom. The first-order valence-corrected chi connectivity index (χ1v) is 17.4. The summed E-state index contributed by atoms with van der Waals surface area (Å²) in [5.41, 5.74) is 4.69. The average Bonchev–Trinajstić information content (AvgIpc) is 3.55. The zero-order valence-electron chi connectivity index (χ0n) is 26.2. The first kappa shape index (κ1) is 29.2. The molecule has 0 spiro atoms. The van der Waals surface area contributed by atoms with E-state index in [1.54, 1.807) is 0 Å². The number of para-hydroxylation sites is 2. The molecule has 4 aliphatic rings. The third-order valence-corrected chi connectivity index (χ3v) is 13.2. The van der Waals surface area contributed by atoms with E-state index in [4.69, 9.17) is 10.1 Å². The fraction of sp³-hybridized carbons (Fsp3) is 0.447. The number of aliphatic hydroxyl groups is 2. The SMILES string of the molecule is Cc1ccccc1-n1ncc2c1C=C1CCC3C(C(O)CC4(C)C3CCC4(O)C(=O)CSc3ccc4ccccc4n3)C1(C)C2. The van der Waals surface area contributed by atoms with Crippen LogP contribution in [0.3, 0.4) is 0 Å². The van der Waals surface area contributed by atoms with E-state index in [2.05, 4.69) is 55.8 Å². The summed E-state index contributed by atoms with van der Waals surface area (Å²) in [6.07, 6.45) is 8.27. The Morgan fingerprint density at radius 2 is 1.87 bits per heavy atom. The van der Waals surface area contributed by atoms with Gasteiger partial charge in [0.25, 0.3) is 0 Å². The van der Waals surface area contributed by atoms with Gasteiger partial charge >= 0.3 is 0 Å². The van der Waals surface area contributed by atoms with Crippen molar-refractivity contribution in [1.29, 1.82) is 0 Å². The molecule has 2 aromatic carbocycles. The van der Waals surface area contributed by atoms with Gasteiger partial charge in [0.05, 0.1) is 40.0 Å². The van der Waals surface area contributed by atoms with Crippen LogP contribution >= 0.6 is 11.8 Å². The number of thioether (sulfide) groups is 1. The van der Waals surface area contributed by atoms with Crippen LogP contribution in [0.4, 0.5) is 0 Å². The van der Waals surface area contributed by atoms with Gasteiger partial charge in [0, 0.05) is 10.8 Å². The number of rotatable bonds is 5. The highest BCUT2D eigenvalue weighted by molar-refractivity contribution is 7.99. The van der Waals surface area contributed by atoms with Crippen LogP contribution in [0.5, 0.6) is 0 Å². The minimum atomic E-state index is -1.45. The minimum absolute atomic E-state index is 0.0826. The van der Waals surface area contributed by atoms with Crippen LogP contribution < -0.4 is 0 Å². The summed E-state index contributed by atoms with van der Waals surface area (Å²) in [5.74, 6) is 0.571. The summed E-state index contributed by atoms with van der Waals surface area (Å²) in [7, 11) is 0. The van der Waals surface area contributed by atoms with Gasteiger partial charge in [-0.15, -0.1) is 0 Å². The molecule has 0 aliphatic heterocycles. The van der Waals surface area contributed by atoms with Crippen molar-refractivity contribution in [2.75, 3.05) is 5.75 Å². The Morgan fingerprint density at radius 1 is 1.07 bits per heavy atom. The highest BCUT2D eigenvalue weighted by Crippen LogP contribution is 2.67. The highest BCUT2D eigenvalue weighted by Gasteiger charge is 2.68. The van der Waals surface area contributed by atoms with Crippen LogP contribution in [-0.2, 0) is 11.2 Å². The summed E-state index contributed by atoms with van der Waals surface area (Å²) in [4.78, 5) is 18.6. The average molecular weight is 620 g/mol. The second-order valence-electron chi connectivity index (χ2n) is 14.5. The number of carbonyl (C=O) groups excluding carboxylic acids is 1. The van der Waals surface area contributed by atoms with E-state index < -0.39 is 17.1 Å². The predicted octanol–water partition coefficient (Wildman–Crippen LogP) is 6.97. The van der Waals surface area contributed by atoms with Crippen LogP contribution in [-0.4, -0.2) is 48.2 Å². The number of ketones is 1. The number of pyridine rings is 1. The second kappa shape index (κ2) is 10.4. The number of allylic oxidation sites excluding steroid dienone is 1. The number of nitrogens with zero attached hydrogens (tertiary/aromatic N) is 3. The fourth-order valence-corrected chi connectivity index (χ4v) is 10.9. The number of hydrogen-bond donors (Lipinski definition) is 2. The van der Waals surface area contributed by atoms with E-state index in [9.17, 15) is 15.0 Å². The van der Waals surface area contributed by atoms with Gasteiger partial charge in [-0.2, -0.15) is 5.10 Å². The number of carbonyl (C=O) groups is 1. The van der Waals surface area contributed by atoms with Crippen LogP contribution in [0.25, 0.3) is 22.7 Å². The first-order valence-electron chi connectivity index (χ1n) is 16.4. The number of Topliss-reactive ketones (excluding diaryl/α,β-unsaturated/α-hetero) is 1. The molecular formula is C38H41N3O3S. The van der Waals surface area contributed by atoms with Crippen LogP contribution in [0.2, 0.25) is 0 Å². The highest BCUT2D eigenvalue weighted by atomic mass is 32.2. The fourth-order valence-electron chi connectivity index (χ4n) is 10.0. The molecule has 45 heavy (non-hydrogen) atoms. The Balaban J connectivity index is 1.05. The summed E-state index contributed by atoms with van der Waals surface area (Å²) in [6, 6.07) is 20.3. The lowest BCUT2D eigenvalue weighted by molar-refractivity contribution is -0.177. The maximum absolute atomic E-state index is 13.9. The molecule has 3 saturated carbocycles. The van der Waals surface area contributed by atoms with Gasteiger partial charge in [-0.05, 0) is 104 Å². The molecule has 4 aromatic rings. The van der Waals surface area contributed by atoms with Crippen molar-refractivity contribution in [2.45, 2.75) is 76.0 Å². The van der Waals surface area contributed by atoms with Crippen LogP contribution in [0.15, 0.2) is 77.5 Å². The van der Waals surface area contributed by atoms with E-state index in [0.717, 1.165) is 53.0 Å². The standard InChI is InChI=1S/C38H41N3O3S/c1-23-8-4-7-11-30(23)41-31-18-26-13-14-27-28-16-17-38(44,33(43)22-45-34-15-12-24-9-5-6-10-29(24)40-34)37(28,3)20-32(42)35(27)36(26,2)19-25(31)21-39-41/h4-12,15,18,21,27-28,32,35,42,44H,13-14,16-17,19-20,22H2,1-3H3. The van der Waals surface area contributed by atoms with Crippen LogP contribution in [0, 0.1) is 35.5 Å². The first-order chi connectivity index (χ1) is 21.6. The predicted molar refractivity (Wildman–Crippen MR) is 178 cm³/mol. The molecule has 7 atom stereocenters. The van der Waals surface area contributed by atoms with Gasteiger partial charge in [-0.3, -0.25) is 4.79 Å². The zero-order chi connectivity index (χ0) is 31.1. The summed E-state index contributed by atoms with van der Waals surface area (Å²) in [5, 5.41) is 30.9. The Bertz CT molecular complexity index is 1870. The number of aromatic nitrogens is 3. The van der Waals surface area contributed by atoms with E-state index >= 15 is 0 Å². The van der Waals surface area contributed by atoms with E-state index in [1.807, 2.05) is 42.6 Å². The zero-order valence-corrected chi connectivity index (χ0v) is 27.1. The van der Waals surface area contributed by atoms with Crippen molar-refractivity contribution >= 4 is 34.5 Å². The molecule has 0 amide bonds. The Kier molecular flexibility index (Phi) is 6.73. The Hall–Kier alpha value is -3.26. The molecule has 2 N–H and O–H groups in total. The summed E-state index contributed by atoms with van der Waals surface area (Å²) >= 11 is 1.40. The number of fused-ring (bicyclic) bond motifs is 7. The minimum Gasteiger partial charge on any atom is -0.393 e. The lowest BCUT2D eigenvalue weighted by Crippen LogP contribution is -2.62. The molecule has 0 radical (unpaired) electrons. The topological polar surface area (TPSA) is 88.2 Å². The molecule has 3 fully saturated rings. The lowest BCUT2D eigenvalue weighted by Gasteiger charge is -2.60. The Labute approximate surface area is 269 Å². The van der Waals surface area contributed by atoms with Gasteiger partial charge in [-0.1, -0.05) is 73.6 Å². The van der Waals surface area contributed by atoms with Crippen molar-refractivity contribution in [1.82, 2.24) is 14.8 Å². The van der Waals surface area contributed by atoms with Gasteiger partial charge in [-0.25, -0.2) is 9.67 Å². The van der Waals surface area contributed by atoms with Crippen molar-refractivity contribution in [3.05, 3.63) is 89.3 Å². The smallest absolute Gasteiger partial charge is 0.175 e. The number of aliphatic hydroxyl groups excluding tert-OH is 1. The van der Waals surface area contributed by atoms with E-state index in [0.29, 0.717) is 12.8 Å². The van der Waals surface area contributed by atoms with Gasteiger partial charge in [0.2, 0.25) is 0 Å². The molecule has 6 nitrogen and oxygen atoms in total. The molecular weight excluding hydrogens is 579 g/mol. The summed E-state index contributed by atoms with van der Waals surface area (Å²) < 4.78 is 2.08. The van der Waals surface area contributed by atoms with Gasteiger partial charge < -0.3 is 10.2 Å². The quantitative estimate of drug-likeness (QED) is 0.235. The van der Waals surface area contributed by atoms with Crippen LogP contribution in [0.1, 0.15) is 62.8 Å². The van der Waals surface area contributed by atoms with Crippen molar-refractivity contribution in [2.24, 2.45) is 28.6 Å². The summed E-state index contributed by atoms with van der Waals surface area (Å²) in [6.45, 7) is 6.55. The van der Waals surface area contributed by atoms with Gasteiger partial charge in [0.1, 0.15) is 5.60 Å². The van der Waals surface area contributed by atoms with E-state index in [1.165, 1.54) is 28.5 Å². The lowest BCUT2D eigenvalue weighted by atomic mass is 9.45. The molecule has 2 aromatic heterocycles. The number of aryl methyl sites for hydroxylation is 1. The maximum Gasteiger partial charge on any atom is 0.175 e. The maximum atomic E-state index is 13.9. The molecule has 0 bridgehead atoms. The van der Waals surface area contributed by atoms with E-state index in [-0.39, 0.29) is 34.7 Å². The molecule has 7 heteroatoms. The molecule has 0 saturated heterocycles. The number of hydrogen-bond acceptors (Lipinski definition) is 6. The van der Waals surface area contributed by atoms with Crippen molar-refractivity contribution < 1.29 is 15.0 Å². The third-order valence-electron chi connectivity index (χ3n) is 12.3. The van der Waals surface area contributed by atoms with Crippen molar-refractivity contribution in [3.63, 3.8) is 0 Å². The third kappa shape index (κ3) is 4.26. The number of benzene rings is 2. The largest absolute Gasteiger partial charge is 0.393 e. The molecule has 2 heterocycles. The molecule has 232 valence electrons. The monoisotopic (exact) mass is 619 g/mol. The molecule has 4 aliphatic carbocycles. The van der Waals surface area contributed by atoms with Gasteiger partial charge in [0.15, 0.2) is 5.78 Å². The molecule has 7 unspecified atom stereocenters. The normalized spacial score (nSPS) is 33.6.